The summed E-state index contributed by atoms with van der Waals surface area (Å²) in [5.74, 6) is 0.510. The molecule has 4 rings (SSSR count). The third-order valence-corrected chi connectivity index (χ3v) is 7.25. The molecule has 0 N–H and O–H groups in total. The normalized spacial score (nSPS) is 19.3. The highest BCUT2D eigenvalue weighted by molar-refractivity contribution is 8.26. The fourth-order valence-corrected chi connectivity index (χ4v) is 5.38. The van der Waals surface area contributed by atoms with Gasteiger partial charge in [0, 0.05) is 32.1 Å². The van der Waals surface area contributed by atoms with Crippen LogP contribution in [0.3, 0.4) is 0 Å². The smallest absolute Gasteiger partial charge is 0.266 e. The Hall–Kier alpha value is -2.38. The van der Waals surface area contributed by atoms with Crippen molar-refractivity contribution < 1.29 is 4.79 Å². The molecule has 1 aromatic heterocycles. The highest BCUT2D eigenvalue weighted by Crippen LogP contribution is 2.37. The molecular formula is C23H25N3O2S2. The molecule has 7 heteroatoms. The number of rotatable bonds is 4. The van der Waals surface area contributed by atoms with Crippen molar-refractivity contribution in [2.75, 3.05) is 24.5 Å². The lowest BCUT2D eigenvalue weighted by atomic mass is 9.97. The number of carbonyl (C=O) groups is 1. The highest BCUT2D eigenvalue weighted by Gasteiger charge is 2.32. The van der Waals surface area contributed by atoms with Crippen molar-refractivity contribution in [2.45, 2.75) is 19.8 Å². The molecule has 3 heterocycles. The number of piperidine rings is 1. The largest absolute Gasteiger partial charge is 0.370 e. The molecule has 0 unspecified atom stereocenters. The molecule has 0 aliphatic carbocycles. The molecule has 0 saturated carbocycles. The first-order valence-corrected chi connectivity index (χ1v) is 11.4. The Balaban J connectivity index is 1.91. The Morgan fingerprint density at radius 3 is 2.63 bits per heavy atom. The van der Waals surface area contributed by atoms with Crippen LogP contribution in [0.5, 0.6) is 0 Å². The highest BCUT2D eigenvalue weighted by atomic mass is 32.2. The van der Waals surface area contributed by atoms with E-state index < -0.39 is 0 Å². The van der Waals surface area contributed by atoms with Crippen LogP contribution in [-0.4, -0.2) is 39.3 Å². The minimum Gasteiger partial charge on any atom is -0.370 e. The monoisotopic (exact) mass is 439 g/mol. The lowest BCUT2D eigenvalue weighted by Crippen LogP contribution is -2.35. The average molecular weight is 440 g/mol. The second-order valence-electron chi connectivity index (χ2n) is 7.89. The van der Waals surface area contributed by atoms with Gasteiger partial charge in [0.2, 0.25) is 0 Å². The van der Waals surface area contributed by atoms with Crippen molar-refractivity contribution in [3.63, 3.8) is 0 Å². The zero-order valence-electron chi connectivity index (χ0n) is 17.3. The first-order chi connectivity index (χ1) is 14.4. The van der Waals surface area contributed by atoms with E-state index in [0.29, 0.717) is 27.3 Å². The van der Waals surface area contributed by atoms with E-state index in [4.69, 9.17) is 12.2 Å². The van der Waals surface area contributed by atoms with Gasteiger partial charge < -0.3 is 9.47 Å². The van der Waals surface area contributed by atoms with E-state index >= 15 is 0 Å². The number of nitrogens with zero attached hydrogens (tertiary/aromatic N) is 3. The number of hydrogen-bond donors (Lipinski definition) is 0. The minimum atomic E-state index is -0.168. The topological polar surface area (TPSA) is 45.6 Å². The van der Waals surface area contributed by atoms with E-state index in [0.717, 1.165) is 42.5 Å². The van der Waals surface area contributed by atoms with Crippen LogP contribution in [0.15, 0.2) is 46.6 Å². The summed E-state index contributed by atoms with van der Waals surface area (Å²) in [6.45, 7) is 8.14. The first-order valence-electron chi connectivity index (χ1n) is 10.1. The summed E-state index contributed by atoms with van der Waals surface area (Å²) in [5, 5.41) is 1.03. The summed E-state index contributed by atoms with van der Waals surface area (Å²) in [6.07, 6.45) is 5.57. The maximum absolute atomic E-state index is 13.4. The van der Waals surface area contributed by atoms with E-state index in [1.807, 2.05) is 18.2 Å². The Kier molecular flexibility index (Phi) is 5.84. The average Bonchev–Trinajstić information content (AvgIpc) is 3.01. The van der Waals surface area contributed by atoms with Crippen molar-refractivity contribution in [1.29, 1.82) is 0 Å². The van der Waals surface area contributed by atoms with Crippen LogP contribution in [0, 0.1) is 5.92 Å². The van der Waals surface area contributed by atoms with Crippen LogP contribution in [0.4, 0.5) is 5.69 Å². The Morgan fingerprint density at radius 2 is 1.93 bits per heavy atom. The number of aromatic nitrogens is 1. The molecule has 2 saturated heterocycles. The van der Waals surface area contributed by atoms with Gasteiger partial charge in [-0.3, -0.25) is 14.5 Å². The summed E-state index contributed by atoms with van der Waals surface area (Å²) < 4.78 is 2.17. The van der Waals surface area contributed by atoms with E-state index in [9.17, 15) is 9.59 Å². The van der Waals surface area contributed by atoms with Gasteiger partial charge in [-0.2, -0.15) is 0 Å². The van der Waals surface area contributed by atoms with Gasteiger partial charge in [-0.15, -0.1) is 6.58 Å². The van der Waals surface area contributed by atoms with E-state index in [1.165, 1.54) is 16.7 Å². The predicted molar refractivity (Wildman–Crippen MR) is 130 cm³/mol. The number of benzene rings is 1. The van der Waals surface area contributed by atoms with Crippen molar-refractivity contribution in [2.24, 2.45) is 13.0 Å². The molecule has 1 amide bonds. The number of carbonyl (C=O) groups excluding carboxylic acids is 1. The van der Waals surface area contributed by atoms with E-state index in [2.05, 4.69) is 24.5 Å². The molecule has 2 aliphatic heterocycles. The molecule has 156 valence electrons. The molecule has 30 heavy (non-hydrogen) atoms. The SMILES string of the molecule is C=CCN1C(=O)C(=Cc2c(N3CCC(C)CC3)c3ccccc3n(C)c2=O)SC1=S. The molecule has 5 nitrogen and oxygen atoms in total. The molecule has 0 bridgehead atoms. The quantitative estimate of drug-likeness (QED) is 0.407. The maximum atomic E-state index is 13.4. The lowest BCUT2D eigenvalue weighted by molar-refractivity contribution is -0.121. The Labute approximate surface area is 186 Å². The molecule has 2 aliphatic rings. The summed E-state index contributed by atoms with van der Waals surface area (Å²) >= 11 is 6.62. The molecule has 0 radical (unpaired) electrons. The summed E-state index contributed by atoms with van der Waals surface area (Å²) in [6, 6.07) is 7.97. The summed E-state index contributed by atoms with van der Waals surface area (Å²) in [4.78, 5) is 30.6. The van der Waals surface area contributed by atoms with Crippen LogP contribution in [-0.2, 0) is 11.8 Å². The molecular weight excluding hydrogens is 414 g/mol. The molecule has 2 fully saturated rings. The second-order valence-corrected chi connectivity index (χ2v) is 9.57. The van der Waals surface area contributed by atoms with Crippen LogP contribution < -0.4 is 10.5 Å². The predicted octanol–water partition coefficient (Wildman–Crippen LogP) is 4.16. The van der Waals surface area contributed by atoms with Gasteiger partial charge in [-0.05, 0) is 30.9 Å². The second kappa shape index (κ2) is 8.40. The van der Waals surface area contributed by atoms with Gasteiger partial charge in [0.25, 0.3) is 11.5 Å². The van der Waals surface area contributed by atoms with Crippen LogP contribution in [0.2, 0.25) is 0 Å². The van der Waals surface area contributed by atoms with Gasteiger partial charge >= 0.3 is 0 Å². The van der Waals surface area contributed by atoms with E-state index in [-0.39, 0.29) is 11.5 Å². The van der Waals surface area contributed by atoms with Crippen molar-refractivity contribution in [3.8, 4) is 0 Å². The third-order valence-electron chi connectivity index (χ3n) is 5.87. The molecule has 0 spiro atoms. The van der Waals surface area contributed by atoms with Gasteiger partial charge in [-0.25, -0.2) is 0 Å². The number of thioether (sulfide) groups is 1. The van der Waals surface area contributed by atoms with Crippen LogP contribution in [0.1, 0.15) is 25.3 Å². The number of aryl methyl sites for hydroxylation is 1. The number of pyridine rings is 1. The number of thiocarbonyl (C=S) groups is 1. The Bertz CT molecular complexity index is 1130. The summed E-state index contributed by atoms with van der Waals surface area (Å²) in [5.41, 5.74) is 2.28. The standard InChI is InChI=1S/C23H25N3O2S2/c1-4-11-26-22(28)19(30-23(26)29)14-17-20(25-12-9-15(2)10-13-25)16-7-5-6-8-18(16)24(3)21(17)27/h4-8,14-15H,1,9-13H2,2-3H3. The van der Waals surface area contributed by atoms with Crippen LogP contribution in [0.25, 0.3) is 17.0 Å². The molecule has 0 atom stereocenters. The minimum absolute atomic E-state index is 0.101. The lowest BCUT2D eigenvalue weighted by Gasteiger charge is -2.34. The summed E-state index contributed by atoms with van der Waals surface area (Å²) in [7, 11) is 1.78. The molecule has 2 aromatic rings. The zero-order chi connectivity index (χ0) is 21.4. The number of anilines is 1. The Morgan fingerprint density at radius 1 is 1.23 bits per heavy atom. The maximum Gasteiger partial charge on any atom is 0.266 e. The number of para-hydroxylation sites is 1. The number of hydrogen-bond acceptors (Lipinski definition) is 5. The fraction of sp³-hybridized carbons (Fsp3) is 0.348. The number of fused-ring (bicyclic) bond motifs is 1. The van der Waals surface area contributed by atoms with Gasteiger partial charge in [-0.1, -0.05) is 55.2 Å². The third kappa shape index (κ3) is 3.61. The van der Waals surface area contributed by atoms with Gasteiger partial charge in [0.15, 0.2) is 0 Å². The van der Waals surface area contributed by atoms with Crippen molar-refractivity contribution in [3.05, 3.63) is 57.7 Å². The van der Waals surface area contributed by atoms with Crippen molar-refractivity contribution >= 4 is 56.9 Å². The molecule has 1 aromatic carbocycles. The fourth-order valence-electron chi connectivity index (χ4n) is 4.12. The number of amides is 1. The van der Waals surface area contributed by atoms with Crippen molar-refractivity contribution in [1.82, 2.24) is 9.47 Å². The van der Waals surface area contributed by atoms with Gasteiger partial charge in [0.05, 0.1) is 21.7 Å². The zero-order valence-corrected chi connectivity index (χ0v) is 18.9. The van der Waals surface area contributed by atoms with Crippen LogP contribution >= 0.6 is 24.0 Å². The van der Waals surface area contributed by atoms with Gasteiger partial charge in [0.1, 0.15) is 4.32 Å². The first kappa shape index (κ1) is 20.9. The van der Waals surface area contributed by atoms with E-state index in [1.54, 1.807) is 23.8 Å².